The van der Waals surface area contributed by atoms with E-state index < -0.39 is 9.84 Å². The van der Waals surface area contributed by atoms with Gasteiger partial charge in [0, 0.05) is 30.4 Å². The first kappa shape index (κ1) is 17.1. The molecule has 1 aliphatic heterocycles. The lowest BCUT2D eigenvalue weighted by Crippen LogP contribution is -2.45. The highest BCUT2D eigenvalue weighted by Crippen LogP contribution is 2.20. The van der Waals surface area contributed by atoms with Gasteiger partial charge in [-0.15, -0.1) is 0 Å². The van der Waals surface area contributed by atoms with Crippen molar-refractivity contribution >= 4 is 33.2 Å². The van der Waals surface area contributed by atoms with Crippen molar-refractivity contribution in [1.29, 1.82) is 0 Å². The van der Waals surface area contributed by atoms with Crippen molar-refractivity contribution in [1.82, 2.24) is 4.90 Å². The Morgan fingerprint density at radius 3 is 2.64 bits per heavy atom. The molecule has 8 heteroatoms. The second-order valence-corrected chi connectivity index (χ2v) is 7.85. The van der Waals surface area contributed by atoms with Crippen molar-refractivity contribution in [3.63, 3.8) is 0 Å². The van der Waals surface area contributed by atoms with E-state index in [0.29, 0.717) is 30.3 Å². The van der Waals surface area contributed by atoms with Gasteiger partial charge < -0.3 is 15.0 Å². The topological polar surface area (TPSA) is 75.7 Å². The van der Waals surface area contributed by atoms with Crippen LogP contribution in [-0.4, -0.2) is 57.2 Å². The molecule has 1 N–H and O–H groups in total. The monoisotopic (exact) mass is 346 g/mol. The highest BCUT2D eigenvalue weighted by atomic mass is 35.5. The maximum absolute atomic E-state index is 12.4. The molecule has 0 spiro atoms. The Labute approximate surface area is 135 Å². The molecule has 6 nitrogen and oxygen atoms in total. The summed E-state index contributed by atoms with van der Waals surface area (Å²) in [5.41, 5.74) is 0.609. The molecular weight excluding hydrogens is 328 g/mol. The van der Waals surface area contributed by atoms with Crippen molar-refractivity contribution < 1.29 is 17.9 Å². The molecule has 1 aromatic carbocycles. The Kier molecular flexibility index (Phi) is 5.66. The van der Waals surface area contributed by atoms with E-state index in [0.717, 1.165) is 0 Å². The van der Waals surface area contributed by atoms with E-state index in [1.54, 1.807) is 31.4 Å². The summed E-state index contributed by atoms with van der Waals surface area (Å²) in [4.78, 5) is 14.0. The largest absolute Gasteiger partial charge is 0.383 e. The second kappa shape index (κ2) is 7.30. The zero-order valence-electron chi connectivity index (χ0n) is 12.3. The van der Waals surface area contributed by atoms with Gasteiger partial charge in [0.2, 0.25) is 0 Å². The summed E-state index contributed by atoms with van der Waals surface area (Å²) in [5.74, 6) is 0.125. The summed E-state index contributed by atoms with van der Waals surface area (Å²) >= 11 is 5.81. The van der Waals surface area contributed by atoms with Gasteiger partial charge in [0.25, 0.3) is 0 Å². The number of amides is 2. The maximum atomic E-state index is 12.4. The van der Waals surface area contributed by atoms with Crippen LogP contribution in [0.5, 0.6) is 0 Å². The van der Waals surface area contributed by atoms with E-state index in [1.165, 1.54) is 4.90 Å². The number of rotatable bonds is 5. The molecule has 1 unspecified atom stereocenters. The summed E-state index contributed by atoms with van der Waals surface area (Å²) in [6.45, 7) is 0.695. The summed E-state index contributed by atoms with van der Waals surface area (Å²) in [5, 5.41) is 3.34. The number of sulfone groups is 1. The van der Waals surface area contributed by atoms with E-state index in [1.807, 2.05) is 0 Å². The van der Waals surface area contributed by atoms with Gasteiger partial charge in [0.05, 0.1) is 18.1 Å². The van der Waals surface area contributed by atoms with Crippen molar-refractivity contribution in [2.75, 3.05) is 37.1 Å². The Morgan fingerprint density at radius 2 is 2.09 bits per heavy atom. The van der Waals surface area contributed by atoms with Gasteiger partial charge in [-0.2, -0.15) is 0 Å². The number of nitrogens with one attached hydrogen (secondary N) is 1. The fraction of sp³-hybridized carbons (Fsp3) is 0.500. The van der Waals surface area contributed by atoms with Crippen molar-refractivity contribution in [2.45, 2.75) is 12.5 Å². The Bertz CT molecular complexity index is 618. The number of hydrogen-bond acceptors (Lipinski definition) is 4. The van der Waals surface area contributed by atoms with Gasteiger partial charge in [-0.05, 0) is 30.7 Å². The fourth-order valence-electron chi connectivity index (χ4n) is 2.39. The van der Waals surface area contributed by atoms with Crippen LogP contribution in [-0.2, 0) is 14.6 Å². The maximum Gasteiger partial charge on any atom is 0.322 e. The smallest absolute Gasteiger partial charge is 0.322 e. The molecule has 0 bridgehead atoms. The van der Waals surface area contributed by atoms with Crippen LogP contribution in [0, 0.1) is 0 Å². The minimum atomic E-state index is -3.06. The van der Waals surface area contributed by atoms with Crippen molar-refractivity contribution in [3.8, 4) is 0 Å². The van der Waals surface area contributed by atoms with Gasteiger partial charge in [0.1, 0.15) is 0 Å². The molecule has 0 aliphatic carbocycles. The fourth-order valence-corrected chi connectivity index (χ4v) is 4.25. The minimum absolute atomic E-state index is 0.00471. The van der Waals surface area contributed by atoms with Crippen LogP contribution in [0.25, 0.3) is 0 Å². The van der Waals surface area contributed by atoms with Gasteiger partial charge in [0.15, 0.2) is 9.84 Å². The van der Waals surface area contributed by atoms with Crippen LogP contribution < -0.4 is 5.32 Å². The molecule has 1 fully saturated rings. The van der Waals surface area contributed by atoms with Gasteiger partial charge >= 0.3 is 6.03 Å². The summed E-state index contributed by atoms with van der Waals surface area (Å²) in [6.07, 6.45) is 0.458. The number of benzene rings is 1. The molecule has 0 radical (unpaired) electrons. The SMILES string of the molecule is COCCN(C(=O)Nc1ccc(Cl)cc1)C1CCS(=O)(=O)C1. The highest BCUT2D eigenvalue weighted by Gasteiger charge is 2.34. The van der Waals surface area contributed by atoms with E-state index >= 15 is 0 Å². The molecule has 22 heavy (non-hydrogen) atoms. The normalized spacial score (nSPS) is 19.8. The molecule has 122 valence electrons. The molecule has 0 aromatic heterocycles. The zero-order chi connectivity index (χ0) is 16.2. The Balaban J connectivity index is 2.07. The first-order valence-electron chi connectivity index (χ1n) is 6.94. The third kappa shape index (κ3) is 4.59. The van der Waals surface area contributed by atoms with Gasteiger partial charge in [-0.25, -0.2) is 13.2 Å². The average Bonchev–Trinajstić information content (AvgIpc) is 2.82. The van der Waals surface area contributed by atoms with E-state index in [2.05, 4.69) is 5.32 Å². The molecule has 1 aliphatic rings. The van der Waals surface area contributed by atoms with Crippen molar-refractivity contribution in [2.24, 2.45) is 0 Å². The molecule has 2 amide bonds. The molecule has 0 saturated carbocycles. The summed E-state index contributed by atoms with van der Waals surface area (Å²) in [6, 6.07) is 6.10. The number of hydrogen-bond donors (Lipinski definition) is 1. The molecule has 1 saturated heterocycles. The Morgan fingerprint density at radius 1 is 1.41 bits per heavy atom. The third-order valence-corrected chi connectivity index (χ3v) is 5.54. The summed E-state index contributed by atoms with van der Waals surface area (Å²) < 4.78 is 28.3. The number of methoxy groups -OCH3 is 1. The van der Waals surface area contributed by atoms with Crippen LogP contribution in [0.3, 0.4) is 0 Å². The predicted octanol–water partition coefficient (Wildman–Crippen LogP) is 2.01. The zero-order valence-corrected chi connectivity index (χ0v) is 13.9. The van der Waals surface area contributed by atoms with E-state index in [9.17, 15) is 13.2 Å². The first-order valence-corrected chi connectivity index (χ1v) is 9.14. The number of carbonyl (C=O) groups is 1. The number of ether oxygens (including phenoxy) is 1. The quantitative estimate of drug-likeness (QED) is 0.884. The van der Waals surface area contributed by atoms with E-state index in [4.69, 9.17) is 16.3 Å². The molecular formula is C14H19ClN2O4S. The number of anilines is 1. The predicted molar refractivity (Wildman–Crippen MR) is 86.1 cm³/mol. The van der Waals surface area contributed by atoms with E-state index in [-0.39, 0.29) is 23.6 Å². The number of carbonyl (C=O) groups excluding carboxylic acids is 1. The minimum Gasteiger partial charge on any atom is -0.383 e. The average molecular weight is 347 g/mol. The lowest BCUT2D eigenvalue weighted by atomic mass is 10.2. The molecule has 1 heterocycles. The van der Waals surface area contributed by atoms with Crippen LogP contribution in [0.1, 0.15) is 6.42 Å². The second-order valence-electron chi connectivity index (χ2n) is 5.18. The van der Waals surface area contributed by atoms with Crippen LogP contribution >= 0.6 is 11.6 Å². The van der Waals surface area contributed by atoms with Crippen molar-refractivity contribution in [3.05, 3.63) is 29.3 Å². The molecule has 2 rings (SSSR count). The highest BCUT2D eigenvalue weighted by molar-refractivity contribution is 7.91. The first-order chi connectivity index (χ1) is 10.4. The number of nitrogens with zero attached hydrogens (tertiary/aromatic N) is 1. The lowest BCUT2D eigenvalue weighted by molar-refractivity contribution is 0.140. The number of halogens is 1. The molecule has 1 atom stereocenters. The third-order valence-electron chi connectivity index (χ3n) is 3.54. The van der Waals surface area contributed by atoms with Gasteiger partial charge in [-0.1, -0.05) is 11.6 Å². The van der Waals surface area contributed by atoms with Crippen LogP contribution in [0.15, 0.2) is 24.3 Å². The summed E-state index contributed by atoms with van der Waals surface area (Å²) in [7, 11) is -1.52. The van der Waals surface area contributed by atoms with Crippen LogP contribution in [0.2, 0.25) is 5.02 Å². The van der Waals surface area contributed by atoms with Crippen LogP contribution in [0.4, 0.5) is 10.5 Å². The number of urea groups is 1. The Hall–Kier alpha value is -1.31. The standard InChI is InChI=1S/C14H19ClN2O4S/c1-21-8-7-17(13-6-9-22(19,20)10-13)14(18)16-12-4-2-11(15)3-5-12/h2-5,13H,6-10H2,1H3,(H,16,18). The molecule has 1 aromatic rings. The lowest BCUT2D eigenvalue weighted by Gasteiger charge is -2.28. The van der Waals surface area contributed by atoms with Gasteiger partial charge in [-0.3, -0.25) is 0 Å².